The highest BCUT2D eigenvalue weighted by atomic mass is 16.3. The number of hydrogen-bond donors (Lipinski definition) is 2. The molecule has 0 aromatic carbocycles. The summed E-state index contributed by atoms with van der Waals surface area (Å²) in [5.74, 6) is -0.389. The SMILES string of the molecule is C/C(=C\CCN(C)C(C)O)C(N)=O. The maximum atomic E-state index is 10.6. The van der Waals surface area contributed by atoms with Crippen LogP contribution >= 0.6 is 0 Å². The van der Waals surface area contributed by atoms with Crippen molar-refractivity contribution >= 4 is 5.91 Å². The molecule has 13 heavy (non-hydrogen) atoms. The Morgan fingerprint density at radius 3 is 2.62 bits per heavy atom. The van der Waals surface area contributed by atoms with E-state index in [1.807, 2.05) is 7.05 Å². The van der Waals surface area contributed by atoms with Crippen molar-refractivity contribution in [2.24, 2.45) is 5.73 Å². The van der Waals surface area contributed by atoms with Crippen LogP contribution in [0.5, 0.6) is 0 Å². The van der Waals surface area contributed by atoms with E-state index in [9.17, 15) is 4.79 Å². The summed E-state index contributed by atoms with van der Waals surface area (Å²) in [5, 5.41) is 9.11. The first-order valence-corrected chi connectivity index (χ1v) is 4.30. The Balaban J connectivity index is 3.79. The van der Waals surface area contributed by atoms with Crippen LogP contribution in [0.2, 0.25) is 0 Å². The minimum Gasteiger partial charge on any atom is -0.379 e. The van der Waals surface area contributed by atoms with Crippen LogP contribution in [0.1, 0.15) is 20.3 Å². The molecule has 76 valence electrons. The Labute approximate surface area is 79.0 Å². The van der Waals surface area contributed by atoms with Crippen LogP contribution in [0.25, 0.3) is 0 Å². The van der Waals surface area contributed by atoms with E-state index in [0.717, 1.165) is 6.42 Å². The van der Waals surface area contributed by atoms with E-state index >= 15 is 0 Å². The predicted octanol–water partition coefficient (Wildman–Crippen LogP) is 0.0782. The van der Waals surface area contributed by atoms with Crippen LogP contribution in [0.3, 0.4) is 0 Å². The van der Waals surface area contributed by atoms with Gasteiger partial charge in [0.2, 0.25) is 5.91 Å². The number of nitrogens with zero attached hydrogens (tertiary/aromatic N) is 1. The maximum Gasteiger partial charge on any atom is 0.244 e. The molecular weight excluding hydrogens is 168 g/mol. The van der Waals surface area contributed by atoms with Gasteiger partial charge in [-0.05, 0) is 27.3 Å². The molecule has 0 bridgehead atoms. The first-order chi connectivity index (χ1) is 5.95. The number of carbonyl (C=O) groups excluding carboxylic acids is 1. The summed E-state index contributed by atoms with van der Waals surface area (Å²) in [4.78, 5) is 12.4. The molecule has 0 aliphatic rings. The monoisotopic (exact) mass is 186 g/mol. The quantitative estimate of drug-likeness (QED) is 0.472. The van der Waals surface area contributed by atoms with Crippen LogP contribution in [0, 0.1) is 0 Å². The van der Waals surface area contributed by atoms with E-state index in [-0.39, 0.29) is 5.91 Å². The highest BCUT2D eigenvalue weighted by Gasteiger charge is 2.02. The van der Waals surface area contributed by atoms with Crippen LogP contribution < -0.4 is 5.73 Å². The molecule has 0 fully saturated rings. The molecule has 0 rings (SSSR count). The largest absolute Gasteiger partial charge is 0.379 e. The number of amides is 1. The highest BCUT2D eigenvalue weighted by Crippen LogP contribution is 1.97. The topological polar surface area (TPSA) is 66.6 Å². The smallest absolute Gasteiger partial charge is 0.244 e. The van der Waals surface area contributed by atoms with Gasteiger partial charge in [0.15, 0.2) is 0 Å². The summed E-state index contributed by atoms with van der Waals surface area (Å²) >= 11 is 0. The normalized spacial score (nSPS) is 14.7. The lowest BCUT2D eigenvalue weighted by molar-refractivity contribution is -0.114. The van der Waals surface area contributed by atoms with Gasteiger partial charge < -0.3 is 10.8 Å². The number of hydrogen-bond acceptors (Lipinski definition) is 3. The van der Waals surface area contributed by atoms with Crippen molar-refractivity contribution in [2.45, 2.75) is 26.5 Å². The molecular formula is C9H18N2O2. The molecule has 3 N–H and O–H groups in total. The third-order valence-electron chi connectivity index (χ3n) is 1.96. The van der Waals surface area contributed by atoms with Gasteiger partial charge in [0.25, 0.3) is 0 Å². The first kappa shape index (κ1) is 12.1. The number of primary amides is 1. The van der Waals surface area contributed by atoms with E-state index in [0.29, 0.717) is 12.1 Å². The lowest BCUT2D eigenvalue weighted by Crippen LogP contribution is -2.29. The molecule has 0 aliphatic heterocycles. The molecule has 4 heteroatoms. The van der Waals surface area contributed by atoms with Gasteiger partial charge in [-0.1, -0.05) is 6.08 Å². The fourth-order valence-electron chi connectivity index (χ4n) is 0.772. The van der Waals surface area contributed by atoms with Crippen molar-refractivity contribution in [1.82, 2.24) is 4.90 Å². The predicted molar refractivity (Wildman–Crippen MR) is 51.9 cm³/mol. The zero-order chi connectivity index (χ0) is 10.4. The van der Waals surface area contributed by atoms with Gasteiger partial charge in [0, 0.05) is 12.1 Å². The van der Waals surface area contributed by atoms with Gasteiger partial charge in [0.1, 0.15) is 6.23 Å². The summed E-state index contributed by atoms with van der Waals surface area (Å²) in [6.07, 6.45) is 2.04. The molecule has 0 heterocycles. The Morgan fingerprint density at radius 2 is 2.23 bits per heavy atom. The summed E-state index contributed by atoms with van der Waals surface area (Å²) < 4.78 is 0. The third kappa shape index (κ3) is 5.38. The van der Waals surface area contributed by atoms with Crippen molar-refractivity contribution in [3.63, 3.8) is 0 Å². The fourth-order valence-corrected chi connectivity index (χ4v) is 0.772. The second-order valence-corrected chi connectivity index (χ2v) is 3.15. The summed E-state index contributed by atoms with van der Waals surface area (Å²) in [7, 11) is 1.82. The Bertz CT molecular complexity index is 200. The molecule has 0 spiro atoms. The van der Waals surface area contributed by atoms with Crippen molar-refractivity contribution in [1.29, 1.82) is 0 Å². The molecule has 0 saturated carbocycles. The molecule has 0 aliphatic carbocycles. The molecule has 0 radical (unpaired) electrons. The minimum absolute atomic E-state index is 0.389. The molecule has 0 aromatic heterocycles. The van der Waals surface area contributed by atoms with Crippen molar-refractivity contribution in [2.75, 3.05) is 13.6 Å². The summed E-state index contributed by atoms with van der Waals surface area (Å²) in [5.41, 5.74) is 5.61. The average molecular weight is 186 g/mol. The van der Waals surface area contributed by atoms with E-state index in [1.165, 1.54) is 0 Å². The lowest BCUT2D eigenvalue weighted by Gasteiger charge is -2.18. The zero-order valence-electron chi connectivity index (χ0n) is 8.45. The zero-order valence-corrected chi connectivity index (χ0v) is 8.45. The van der Waals surface area contributed by atoms with Gasteiger partial charge >= 0.3 is 0 Å². The van der Waals surface area contributed by atoms with Gasteiger partial charge in [0.05, 0.1) is 0 Å². The van der Waals surface area contributed by atoms with Gasteiger partial charge in [-0.15, -0.1) is 0 Å². The van der Waals surface area contributed by atoms with Gasteiger partial charge in [-0.25, -0.2) is 0 Å². The Kier molecular flexibility index (Phi) is 5.34. The van der Waals surface area contributed by atoms with E-state index < -0.39 is 6.23 Å². The second kappa shape index (κ2) is 5.72. The molecule has 1 atom stereocenters. The number of aliphatic hydroxyl groups excluding tert-OH is 1. The first-order valence-electron chi connectivity index (χ1n) is 4.30. The van der Waals surface area contributed by atoms with E-state index in [1.54, 1.807) is 24.8 Å². The summed E-state index contributed by atoms with van der Waals surface area (Å²) in [6, 6.07) is 0. The molecule has 1 amide bonds. The number of carbonyl (C=O) groups is 1. The number of aliphatic hydroxyl groups is 1. The fraction of sp³-hybridized carbons (Fsp3) is 0.667. The lowest BCUT2D eigenvalue weighted by atomic mass is 10.2. The van der Waals surface area contributed by atoms with Crippen LogP contribution in [-0.4, -0.2) is 35.7 Å². The molecule has 1 unspecified atom stereocenters. The number of nitrogens with two attached hydrogens (primary N) is 1. The van der Waals surface area contributed by atoms with E-state index in [2.05, 4.69) is 0 Å². The second-order valence-electron chi connectivity index (χ2n) is 3.15. The Hall–Kier alpha value is -0.870. The average Bonchev–Trinajstić information content (AvgIpc) is 2.03. The summed E-state index contributed by atoms with van der Waals surface area (Å²) in [6.45, 7) is 4.09. The van der Waals surface area contributed by atoms with Crippen LogP contribution in [0.4, 0.5) is 0 Å². The van der Waals surface area contributed by atoms with Crippen molar-refractivity contribution in [3.8, 4) is 0 Å². The van der Waals surface area contributed by atoms with Gasteiger partial charge in [-0.3, -0.25) is 9.69 Å². The van der Waals surface area contributed by atoms with Crippen LogP contribution in [0.15, 0.2) is 11.6 Å². The highest BCUT2D eigenvalue weighted by molar-refractivity contribution is 5.91. The molecule has 0 saturated heterocycles. The molecule has 4 nitrogen and oxygen atoms in total. The minimum atomic E-state index is -0.456. The molecule has 0 aromatic rings. The van der Waals surface area contributed by atoms with Crippen molar-refractivity contribution < 1.29 is 9.90 Å². The number of rotatable bonds is 5. The standard InChI is InChI=1S/C9H18N2O2/c1-7(9(10)13)5-4-6-11(3)8(2)12/h5,8,12H,4,6H2,1-3H3,(H2,10,13)/b7-5+. The third-order valence-corrected chi connectivity index (χ3v) is 1.96. The van der Waals surface area contributed by atoms with Crippen molar-refractivity contribution in [3.05, 3.63) is 11.6 Å². The van der Waals surface area contributed by atoms with Crippen LogP contribution in [-0.2, 0) is 4.79 Å². The van der Waals surface area contributed by atoms with Gasteiger partial charge in [-0.2, -0.15) is 0 Å². The maximum absolute atomic E-state index is 10.6. The Morgan fingerprint density at radius 1 is 1.69 bits per heavy atom. The van der Waals surface area contributed by atoms with E-state index in [4.69, 9.17) is 10.8 Å².